The second-order valence-electron chi connectivity index (χ2n) is 9.18. The number of hydrogen-bond donors (Lipinski definition) is 0. The Balaban J connectivity index is 1.61. The molecule has 1 unspecified atom stereocenters. The van der Waals surface area contributed by atoms with Crippen LogP contribution >= 0.6 is 11.3 Å². The van der Waals surface area contributed by atoms with E-state index in [-0.39, 0.29) is 34.0 Å². The zero-order chi connectivity index (χ0) is 27.1. The first-order valence-electron chi connectivity index (χ1n) is 12.0. The average Bonchev–Trinajstić information content (AvgIpc) is 3.55. The molecule has 0 saturated heterocycles. The highest BCUT2D eigenvalue weighted by atomic mass is 32.1. The third-order valence-electron chi connectivity index (χ3n) is 7.17. The fourth-order valence-electron chi connectivity index (χ4n) is 5.56. The van der Waals surface area contributed by atoms with E-state index in [1.54, 1.807) is 55.7 Å². The number of thiazole rings is 1. The summed E-state index contributed by atoms with van der Waals surface area (Å²) >= 11 is 1.18. The summed E-state index contributed by atoms with van der Waals surface area (Å²) in [6.45, 7) is 3.92. The summed E-state index contributed by atoms with van der Waals surface area (Å²) in [7, 11) is 1.55. The Bertz CT molecular complexity index is 1960. The summed E-state index contributed by atoms with van der Waals surface area (Å²) in [6.07, 6.45) is 1.57. The molecule has 4 heterocycles. The lowest BCUT2D eigenvalue weighted by Gasteiger charge is -2.32. The standard InChI is InChI=1S/C29H18FN3O5S/c1-3-12-32-20-7-5-4-6-18(20)29(27(32)36)23-24(34)17-13-15(30)8-11-21(17)38-25(23)26(35)33(29)28-31-19-10-9-16(37-2)14-22(19)39-28/h3-11,13-14H,1,12H2,2H3. The van der Waals surface area contributed by atoms with Crippen molar-refractivity contribution in [1.29, 1.82) is 0 Å². The third-order valence-corrected chi connectivity index (χ3v) is 8.18. The van der Waals surface area contributed by atoms with Crippen molar-refractivity contribution >= 4 is 55.2 Å². The van der Waals surface area contributed by atoms with Gasteiger partial charge in [0.2, 0.25) is 5.76 Å². The summed E-state index contributed by atoms with van der Waals surface area (Å²) in [6, 6.07) is 15.7. The maximum absolute atomic E-state index is 14.5. The van der Waals surface area contributed by atoms with Gasteiger partial charge in [0.15, 0.2) is 16.1 Å². The van der Waals surface area contributed by atoms with Crippen LogP contribution in [0.25, 0.3) is 21.2 Å². The molecule has 192 valence electrons. The molecule has 2 aliphatic heterocycles. The molecule has 0 N–H and O–H groups in total. The summed E-state index contributed by atoms with van der Waals surface area (Å²) in [4.78, 5) is 50.3. The molecule has 2 aliphatic rings. The van der Waals surface area contributed by atoms with E-state index in [4.69, 9.17) is 9.15 Å². The van der Waals surface area contributed by atoms with Crippen LogP contribution in [0.5, 0.6) is 5.75 Å². The molecule has 0 radical (unpaired) electrons. The number of fused-ring (bicyclic) bond motifs is 6. The van der Waals surface area contributed by atoms with E-state index in [1.165, 1.54) is 27.2 Å². The summed E-state index contributed by atoms with van der Waals surface area (Å²) in [5.41, 5.74) is -1.16. The van der Waals surface area contributed by atoms with Crippen LogP contribution in [0.2, 0.25) is 0 Å². The molecule has 8 nitrogen and oxygen atoms in total. The van der Waals surface area contributed by atoms with Gasteiger partial charge in [0, 0.05) is 12.1 Å². The van der Waals surface area contributed by atoms with Crippen molar-refractivity contribution in [3.05, 3.63) is 106 Å². The summed E-state index contributed by atoms with van der Waals surface area (Å²) in [5.74, 6) is -1.54. The van der Waals surface area contributed by atoms with Gasteiger partial charge in [-0.2, -0.15) is 0 Å². The molecule has 10 heteroatoms. The fraction of sp³-hybridized carbons (Fsp3) is 0.103. The van der Waals surface area contributed by atoms with Crippen molar-refractivity contribution in [3.63, 3.8) is 0 Å². The molecule has 0 bridgehead atoms. The Morgan fingerprint density at radius 1 is 1.13 bits per heavy atom. The highest BCUT2D eigenvalue weighted by molar-refractivity contribution is 7.22. The van der Waals surface area contributed by atoms with Gasteiger partial charge in [-0.05, 0) is 42.5 Å². The lowest BCUT2D eigenvalue weighted by Crippen LogP contribution is -2.53. The van der Waals surface area contributed by atoms with Crippen molar-refractivity contribution in [1.82, 2.24) is 4.98 Å². The first-order valence-corrected chi connectivity index (χ1v) is 12.8. The van der Waals surface area contributed by atoms with E-state index in [0.29, 0.717) is 22.5 Å². The molecule has 0 aliphatic carbocycles. The maximum Gasteiger partial charge on any atom is 0.297 e. The second kappa shape index (κ2) is 8.08. The number of amides is 2. The zero-order valence-corrected chi connectivity index (χ0v) is 21.3. The van der Waals surface area contributed by atoms with Gasteiger partial charge in [-0.15, -0.1) is 6.58 Å². The topological polar surface area (TPSA) is 93.0 Å². The second-order valence-corrected chi connectivity index (χ2v) is 10.2. The summed E-state index contributed by atoms with van der Waals surface area (Å²) < 4.78 is 26.3. The van der Waals surface area contributed by atoms with Gasteiger partial charge in [0.05, 0.1) is 34.0 Å². The molecule has 3 aromatic carbocycles. The molecule has 0 saturated carbocycles. The quantitative estimate of drug-likeness (QED) is 0.299. The van der Waals surface area contributed by atoms with Gasteiger partial charge >= 0.3 is 0 Å². The number of methoxy groups -OCH3 is 1. The first kappa shape index (κ1) is 23.3. The average molecular weight is 540 g/mol. The predicted octanol–water partition coefficient (Wildman–Crippen LogP) is 4.99. The van der Waals surface area contributed by atoms with Crippen LogP contribution in [0.1, 0.15) is 21.7 Å². The van der Waals surface area contributed by atoms with Crippen molar-refractivity contribution in [2.75, 3.05) is 23.5 Å². The Hall–Kier alpha value is -4.83. The zero-order valence-electron chi connectivity index (χ0n) is 20.4. The van der Waals surface area contributed by atoms with Crippen molar-refractivity contribution in [2.24, 2.45) is 0 Å². The summed E-state index contributed by atoms with van der Waals surface area (Å²) in [5, 5.41) is 0.136. The van der Waals surface area contributed by atoms with Crippen molar-refractivity contribution in [3.8, 4) is 5.75 Å². The first-order chi connectivity index (χ1) is 18.9. The minimum Gasteiger partial charge on any atom is -0.497 e. The molecule has 1 atom stereocenters. The number of rotatable bonds is 4. The normalized spacial score (nSPS) is 17.9. The monoisotopic (exact) mass is 539 g/mol. The largest absolute Gasteiger partial charge is 0.497 e. The van der Waals surface area contributed by atoms with Crippen molar-refractivity contribution in [2.45, 2.75) is 5.54 Å². The lowest BCUT2D eigenvalue weighted by molar-refractivity contribution is -0.121. The van der Waals surface area contributed by atoms with Crippen LogP contribution in [-0.2, 0) is 10.3 Å². The SMILES string of the molecule is C=CCN1C(=O)C2(c3ccccc31)c1c(oc3ccc(F)cc3c1=O)C(=O)N2c1nc2ccc(OC)cc2s1. The van der Waals surface area contributed by atoms with Gasteiger partial charge in [-0.25, -0.2) is 9.37 Å². The molecule has 2 amide bonds. The molecule has 5 aromatic rings. The Morgan fingerprint density at radius 2 is 1.95 bits per heavy atom. The van der Waals surface area contributed by atoms with E-state index in [2.05, 4.69) is 11.6 Å². The fourth-order valence-corrected chi connectivity index (χ4v) is 6.61. The minimum atomic E-state index is -1.91. The maximum atomic E-state index is 14.5. The van der Waals surface area contributed by atoms with E-state index >= 15 is 0 Å². The molecule has 0 fully saturated rings. The molecule has 7 rings (SSSR count). The number of nitrogens with zero attached hydrogens (tertiary/aromatic N) is 3. The minimum absolute atomic E-state index is 0.0428. The van der Waals surface area contributed by atoms with Crippen LogP contribution in [0.4, 0.5) is 15.2 Å². The lowest BCUT2D eigenvalue weighted by atomic mass is 9.84. The smallest absolute Gasteiger partial charge is 0.297 e. The van der Waals surface area contributed by atoms with E-state index < -0.39 is 28.6 Å². The molecule has 1 spiro atoms. The number of para-hydroxylation sites is 1. The van der Waals surface area contributed by atoms with Gasteiger partial charge in [-0.3, -0.25) is 19.3 Å². The molecular weight excluding hydrogens is 521 g/mol. The number of carbonyl (C=O) groups is 2. The van der Waals surface area contributed by atoms with Crippen LogP contribution in [0, 0.1) is 5.82 Å². The number of halogens is 1. The van der Waals surface area contributed by atoms with Gasteiger partial charge in [0.1, 0.15) is 17.1 Å². The third kappa shape index (κ3) is 2.91. The van der Waals surface area contributed by atoms with Gasteiger partial charge in [0.25, 0.3) is 11.8 Å². The highest BCUT2D eigenvalue weighted by Crippen LogP contribution is 2.54. The van der Waals surface area contributed by atoms with E-state index in [1.807, 2.05) is 0 Å². The van der Waals surface area contributed by atoms with Gasteiger partial charge in [-0.1, -0.05) is 35.6 Å². The van der Waals surface area contributed by atoms with Crippen molar-refractivity contribution < 1.29 is 23.1 Å². The van der Waals surface area contributed by atoms with Crippen LogP contribution in [-0.4, -0.2) is 30.5 Å². The Kier molecular flexibility index (Phi) is 4.83. The number of hydrogen-bond acceptors (Lipinski definition) is 7. The number of benzene rings is 3. The van der Waals surface area contributed by atoms with Crippen LogP contribution < -0.4 is 20.0 Å². The molecular formula is C29H18FN3O5S. The number of anilines is 2. The van der Waals surface area contributed by atoms with Crippen LogP contribution in [0.3, 0.4) is 0 Å². The van der Waals surface area contributed by atoms with Crippen LogP contribution in [0.15, 0.2) is 82.5 Å². The number of ether oxygens (including phenoxy) is 1. The number of aromatic nitrogens is 1. The van der Waals surface area contributed by atoms with E-state index in [9.17, 15) is 18.8 Å². The molecule has 39 heavy (non-hydrogen) atoms. The molecule has 2 aromatic heterocycles. The van der Waals surface area contributed by atoms with Gasteiger partial charge < -0.3 is 14.1 Å². The Labute approximate surface area is 224 Å². The Morgan fingerprint density at radius 3 is 2.74 bits per heavy atom. The number of carbonyl (C=O) groups excluding carboxylic acids is 2. The van der Waals surface area contributed by atoms with E-state index in [0.717, 1.165) is 16.8 Å². The predicted molar refractivity (Wildman–Crippen MR) is 145 cm³/mol. The highest BCUT2D eigenvalue weighted by Gasteiger charge is 2.66.